The van der Waals surface area contributed by atoms with Crippen molar-refractivity contribution in [2.75, 3.05) is 26.8 Å². The van der Waals surface area contributed by atoms with E-state index >= 15 is 0 Å². The third-order valence-electron chi connectivity index (χ3n) is 8.12. The summed E-state index contributed by atoms with van der Waals surface area (Å²) in [4.78, 5) is 22.3. The summed E-state index contributed by atoms with van der Waals surface area (Å²) in [5, 5.41) is 9.47. The third-order valence-corrected chi connectivity index (χ3v) is 8.12. The van der Waals surface area contributed by atoms with Gasteiger partial charge < -0.3 is 23.9 Å². The van der Waals surface area contributed by atoms with E-state index in [1.54, 1.807) is 37.4 Å². The van der Waals surface area contributed by atoms with E-state index < -0.39 is 11.8 Å². The number of carbonyl (C=O) groups is 1. The molecule has 2 aliphatic heterocycles. The quantitative estimate of drug-likeness (QED) is 0.270. The normalized spacial score (nSPS) is 19.0. The average molecular weight is 553 g/mol. The number of hydrogen-bond acceptors (Lipinski definition) is 6. The van der Waals surface area contributed by atoms with Crippen LogP contribution >= 0.6 is 0 Å². The number of likely N-dealkylation sites (tertiary alicyclic amines) is 1. The number of rotatable bonds is 8. The zero-order chi connectivity index (χ0) is 28.6. The molecule has 210 valence electrons. The second-order valence-corrected chi connectivity index (χ2v) is 10.7. The number of benzene rings is 3. The predicted molar refractivity (Wildman–Crippen MR) is 154 cm³/mol. The number of nitrogens with zero attached hydrogens (tertiary/aromatic N) is 4. The van der Waals surface area contributed by atoms with Crippen LogP contribution in [0.4, 0.5) is 5.69 Å². The van der Waals surface area contributed by atoms with Crippen LogP contribution in [0.25, 0.3) is 15.9 Å². The molecule has 0 saturated carbocycles. The number of imidazole rings is 1. The molecule has 0 amide bonds. The zero-order valence-electron chi connectivity index (χ0n) is 23.2. The first-order valence-corrected chi connectivity index (χ1v) is 13.8. The molecule has 1 saturated heterocycles. The Hall–Kier alpha value is -4.39. The number of para-hydroxylation sites is 1. The standard InChI is InChI=1S/C32H32N4O5/c1-32(23-8-10-24(33-2)11-9-23)40-28-6-4-5-25(30(28)41-32)21-13-15-35(16-14-21)20-29-34-26-12-7-22(31(37)38)19-27(26)36(29)17-18-39-3/h4-12,19,21H,13-18,20H2,1,3H3,(H,37,38). The molecule has 3 aromatic carbocycles. The molecular formula is C32H32N4O5. The van der Waals surface area contributed by atoms with Crippen molar-refractivity contribution in [2.24, 2.45) is 0 Å². The lowest BCUT2D eigenvalue weighted by atomic mass is 9.88. The molecule has 0 aliphatic carbocycles. The van der Waals surface area contributed by atoms with Gasteiger partial charge in [-0.15, -0.1) is 0 Å². The van der Waals surface area contributed by atoms with Crippen molar-refractivity contribution >= 4 is 22.7 Å². The topological polar surface area (TPSA) is 90.4 Å². The van der Waals surface area contributed by atoms with E-state index in [2.05, 4.69) is 20.4 Å². The van der Waals surface area contributed by atoms with Crippen LogP contribution in [-0.4, -0.2) is 52.3 Å². The van der Waals surface area contributed by atoms with Crippen LogP contribution in [0, 0.1) is 6.57 Å². The molecule has 9 heteroatoms. The maximum atomic E-state index is 11.6. The number of fused-ring (bicyclic) bond motifs is 2. The van der Waals surface area contributed by atoms with Gasteiger partial charge in [0.2, 0.25) is 0 Å². The van der Waals surface area contributed by atoms with E-state index in [1.807, 2.05) is 31.2 Å². The van der Waals surface area contributed by atoms with Crippen LogP contribution < -0.4 is 9.47 Å². The van der Waals surface area contributed by atoms with Gasteiger partial charge in [0.15, 0.2) is 17.2 Å². The van der Waals surface area contributed by atoms with Gasteiger partial charge in [-0.25, -0.2) is 14.6 Å². The number of carboxylic acid groups (broad SMARTS) is 1. The fourth-order valence-corrected chi connectivity index (χ4v) is 5.89. The summed E-state index contributed by atoms with van der Waals surface area (Å²) in [6.07, 6.45) is 1.94. The maximum absolute atomic E-state index is 11.6. The Morgan fingerprint density at radius 1 is 1.15 bits per heavy atom. The van der Waals surface area contributed by atoms with Crippen LogP contribution in [0.5, 0.6) is 11.5 Å². The Morgan fingerprint density at radius 3 is 2.63 bits per heavy atom. The van der Waals surface area contributed by atoms with Gasteiger partial charge in [0.05, 0.1) is 36.3 Å². The first kappa shape index (κ1) is 26.8. The lowest BCUT2D eigenvalue weighted by molar-refractivity contribution is -0.0685. The molecule has 9 nitrogen and oxygen atoms in total. The highest BCUT2D eigenvalue weighted by molar-refractivity contribution is 5.92. The van der Waals surface area contributed by atoms with Crippen LogP contribution in [0.1, 0.15) is 53.0 Å². The first-order chi connectivity index (χ1) is 19.9. The molecule has 6 rings (SSSR count). The van der Waals surface area contributed by atoms with Gasteiger partial charge in [-0.1, -0.05) is 36.4 Å². The fraction of sp³-hybridized carbons (Fsp3) is 0.344. The number of methoxy groups -OCH3 is 1. The number of piperidine rings is 1. The second kappa shape index (κ2) is 10.9. The van der Waals surface area contributed by atoms with Crippen molar-refractivity contribution in [3.8, 4) is 11.5 Å². The number of carboxylic acids is 1. The van der Waals surface area contributed by atoms with E-state index in [0.717, 1.165) is 65.4 Å². The maximum Gasteiger partial charge on any atom is 0.335 e. The SMILES string of the molecule is [C-]#[N+]c1ccc(C2(C)Oc3cccc(C4CCN(Cc5nc6ccc(C(=O)O)cc6n5CCOC)CC4)c3O2)cc1. The van der Waals surface area contributed by atoms with Crippen LogP contribution in [0.15, 0.2) is 60.7 Å². The van der Waals surface area contributed by atoms with Crippen LogP contribution in [0.3, 0.4) is 0 Å². The molecule has 0 bridgehead atoms. The average Bonchev–Trinajstić information content (AvgIpc) is 3.52. The zero-order valence-corrected chi connectivity index (χ0v) is 23.2. The van der Waals surface area contributed by atoms with Crippen molar-refractivity contribution in [1.82, 2.24) is 14.5 Å². The molecule has 0 spiro atoms. The molecule has 1 N–H and O–H groups in total. The van der Waals surface area contributed by atoms with Gasteiger partial charge in [-0.05, 0) is 56.1 Å². The van der Waals surface area contributed by atoms with Crippen molar-refractivity contribution < 1.29 is 24.1 Å². The number of aromatic nitrogens is 2. The van der Waals surface area contributed by atoms with Gasteiger partial charge in [-0.3, -0.25) is 4.90 Å². The summed E-state index contributed by atoms with van der Waals surface area (Å²) in [6, 6.07) is 18.5. The smallest absolute Gasteiger partial charge is 0.335 e. The number of ether oxygens (including phenoxy) is 3. The van der Waals surface area contributed by atoms with E-state index in [-0.39, 0.29) is 5.56 Å². The third kappa shape index (κ3) is 5.12. The minimum Gasteiger partial charge on any atom is -0.478 e. The summed E-state index contributed by atoms with van der Waals surface area (Å²) >= 11 is 0. The summed E-state index contributed by atoms with van der Waals surface area (Å²) < 4.78 is 20.2. The van der Waals surface area contributed by atoms with E-state index in [4.69, 9.17) is 25.8 Å². The minimum atomic E-state index is -0.949. The van der Waals surface area contributed by atoms with E-state index in [9.17, 15) is 9.90 Å². The lowest BCUT2D eigenvalue weighted by Gasteiger charge is -2.32. The van der Waals surface area contributed by atoms with Gasteiger partial charge in [0, 0.05) is 31.7 Å². The summed E-state index contributed by atoms with van der Waals surface area (Å²) in [5.74, 6) is 0.904. The van der Waals surface area contributed by atoms with E-state index in [1.165, 1.54) is 0 Å². The highest BCUT2D eigenvalue weighted by Gasteiger charge is 2.41. The first-order valence-electron chi connectivity index (χ1n) is 13.8. The molecule has 41 heavy (non-hydrogen) atoms. The molecule has 1 aromatic heterocycles. The molecule has 1 unspecified atom stereocenters. The number of aromatic carboxylic acids is 1. The highest BCUT2D eigenvalue weighted by atomic mass is 16.7. The Bertz CT molecular complexity index is 1630. The molecular weight excluding hydrogens is 520 g/mol. The monoisotopic (exact) mass is 552 g/mol. The van der Waals surface area contributed by atoms with E-state index in [0.29, 0.717) is 31.3 Å². The van der Waals surface area contributed by atoms with Crippen molar-refractivity contribution in [2.45, 2.75) is 44.6 Å². The Labute approximate surface area is 238 Å². The second-order valence-electron chi connectivity index (χ2n) is 10.7. The molecule has 3 heterocycles. The predicted octanol–water partition coefficient (Wildman–Crippen LogP) is 5.96. The fourth-order valence-electron chi connectivity index (χ4n) is 5.89. The molecule has 2 aliphatic rings. The van der Waals surface area contributed by atoms with Crippen molar-refractivity contribution in [3.63, 3.8) is 0 Å². The molecule has 0 radical (unpaired) electrons. The summed E-state index contributed by atoms with van der Waals surface area (Å²) in [7, 11) is 1.66. The van der Waals surface area contributed by atoms with Gasteiger partial charge in [0.25, 0.3) is 5.79 Å². The summed E-state index contributed by atoms with van der Waals surface area (Å²) in [5.41, 5.74) is 4.47. The van der Waals surface area contributed by atoms with Gasteiger partial charge >= 0.3 is 5.97 Å². The van der Waals surface area contributed by atoms with Crippen molar-refractivity contribution in [3.05, 3.63) is 94.6 Å². The van der Waals surface area contributed by atoms with Gasteiger partial charge in [-0.2, -0.15) is 0 Å². The Balaban J connectivity index is 1.17. The van der Waals surface area contributed by atoms with Crippen molar-refractivity contribution in [1.29, 1.82) is 0 Å². The lowest BCUT2D eigenvalue weighted by Crippen LogP contribution is -2.34. The van der Waals surface area contributed by atoms with Gasteiger partial charge in [0.1, 0.15) is 5.82 Å². The highest BCUT2D eigenvalue weighted by Crippen LogP contribution is 2.49. The largest absolute Gasteiger partial charge is 0.478 e. The Morgan fingerprint density at radius 2 is 1.93 bits per heavy atom. The molecule has 1 fully saturated rings. The Kier molecular flexibility index (Phi) is 7.12. The van der Waals surface area contributed by atoms with Crippen LogP contribution in [0.2, 0.25) is 0 Å². The number of hydrogen-bond donors (Lipinski definition) is 1. The molecule has 4 aromatic rings. The minimum absolute atomic E-state index is 0.251. The molecule has 1 atom stereocenters. The van der Waals surface area contributed by atoms with Crippen LogP contribution in [-0.2, 0) is 23.6 Å². The summed E-state index contributed by atoms with van der Waals surface area (Å²) in [6.45, 7) is 12.7.